The van der Waals surface area contributed by atoms with Gasteiger partial charge in [0, 0.05) is 16.0 Å². The second-order valence-electron chi connectivity index (χ2n) is 4.30. The molecule has 0 saturated heterocycles. The molecule has 20 heavy (non-hydrogen) atoms. The van der Waals surface area contributed by atoms with Crippen LogP contribution >= 0.6 is 11.3 Å². The molecule has 0 radical (unpaired) electrons. The van der Waals surface area contributed by atoms with E-state index in [1.54, 1.807) is 11.3 Å². The largest absolute Gasteiger partial charge is 0.347 e. The Labute approximate surface area is 122 Å². The first-order valence-electron chi connectivity index (χ1n) is 6.31. The van der Waals surface area contributed by atoms with Gasteiger partial charge >= 0.3 is 0 Å². The van der Waals surface area contributed by atoms with Crippen LogP contribution in [-0.4, -0.2) is 12.5 Å². The molecule has 3 N–H and O–H groups in total. The van der Waals surface area contributed by atoms with Crippen molar-refractivity contribution in [2.45, 2.75) is 13.5 Å². The van der Waals surface area contributed by atoms with Crippen molar-refractivity contribution < 1.29 is 4.79 Å². The molecular weight excluding hydrogens is 268 g/mol. The molecule has 1 heterocycles. The maximum absolute atomic E-state index is 12.1. The van der Waals surface area contributed by atoms with Gasteiger partial charge in [-0.05, 0) is 36.1 Å². The van der Waals surface area contributed by atoms with Crippen LogP contribution in [0, 0.1) is 18.8 Å². The number of hydrogen-bond donors (Lipinski definition) is 2. The zero-order chi connectivity index (χ0) is 14.4. The number of benzene rings is 1. The summed E-state index contributed by atoms with van der Waals surface area (Å²) in [4.78, 5) is 13.2. The van der Waals surface area contributed by atoms with Gasteiger partial charge in [0.05, 0.1) is 13.1 Å². The summed E-state index contributed by atoms with van der Waals surface area (Å²) in [7, 11) is 0. The van der Waals surface area contributed by atoms with Crippen LogP contribution in [0.1, 0.15) is 26.4 Å². The summed E-state index contributed by atoms with van der Waals surface area (Å²) in [5.74, 6) is 5.71. The van der Waals surface area contributed by atoms with Gasteiger partial charge in [0.1, 0.15) is 0 Å². The topological polar surface area (TPSA) is 55.1 Å². The minimum atomic E-state index is -0.0887. The van der Waals surface area contributed by atoms with Gasteiger partial charge < -0.3 is 11.1 Å². The Morgan fingerprint density at radius 1 is 1.40 bits per heavy atom. The molecule has 1 aromatic carbocycles. The molecule has 0 aliphatic carbocycles. The first kappa shape index (κ1) is 14.3. The third-order valence-corrected chi connectivity index (χ3v) is 3.70. The third-order valence-electron chi connectivity index (χ3n) is 2.83. The summed E-state index contributed by atoms with van der Waals surface area (Å²) >= 11 is 1.63. The van der Waals surface area contributed by atoms with Crippen molar-refractivity contribution >= 4 is 17.2 Å². The van der Waals surface area contributed by atoms with Gasteiger partial charge in [-0.1, -0.05) is 24.0 Å². The number of rotatable bonds is 3. The van der Waals surface area contributed by atoms with Crippen LogP contribution in [0.25, 0.3) is 0 Å². The fourth-order valence-electron chi connectivity index (χ4n) is 1.73. The van der Waals surface area contributed by atoms with Gasteiger partial charge in [0.2, 0.25) is 0 Å². The van der Waals surface area contributed by atoms with Crippen LogP contribution in [0.5, 0.6) is 0 Å². The van der Waals surface area contributed by atoms with Crippen LogP contribution in [0.4, 0.5) is 0 Å². The van der Waals surface area contributed by atoms with Gasteiger partial charge in [-0.3, -0.25) is 4.79 Å². The van der Waals surface area contributed by atoms with Crippen LogP contribution in [0.2, 0.25) is 0 Å². The summed E-state index contributed by atoms with van der Waals surface area (Å²) in [6, 6.07) is 9.49. The fourth-order valence-corrected chi connectivity index (χ4v) is 2.37. The van der Waals surface area contributed by atoms with Crippen molar-refractivity contribution in [3.8, 4) is 11.8 Å². The predicted molar refractivity (Wildman–Crippen MR) is 82.6 cm³/mol. The molecule has 0 atom stereocenters. The van der Waals surface area contributed by atoms with Gasteiger partial charge in [0.15, 0.2) is 0 Å². The number of aryl methyl sites for hydroxylation is 1. The van der Waals surface area contributed by atoms with Crippen molar-refractivity contribution in [2.24, 2.45) is 5.73 Å². The summed E-state index contributed by atoms with van der Waals surface area (Å²) in [6.07, 6.45) is 0. The van der Waals surface area contributed by atoms with Crippen LogP contribution < -0.4 is 11.1 Å². The second kappa shape index (κ2) is 6.90. The van der Waals surface area contributed by atoms with Crippen LogP contribution in [-0.2, 0) is 6.54 Å². The van der Waals surface area contributed by atoms with Gasteiger partial charge in [-0.15, -0.1) is 11.3 Å². The summed E-state index contributed by atoms with van der Waals surface area (Å²) < 4.78 is 0. The monoisotopic (exact) mass is 284 g/mol. The molecule has 0 aliphatic heterocycles. The Kier molecular flexibility index (Phi) is 4.94. The Morgan fingerprint density at radius 3 is 2.95 bits per heavy atom. The molecule has 1 amide bonds. The molecular formula is C16H16N2OS. The van der Waals surface area contributed by atoms with Gasteiger partial charge in [0.25, 0.3) is 5.91 Å². The van der Waals surface area contributed by atoms with E-state index in [0.29, 0.717) is 18.7 Å². The van der Waals surface area contributed by atoms with Crippen molar-refractivity contribution in [3.05, 3.63) is 57.3 Å². The number of hydrogen-bond acceptors (Lipinski definition) is 3. The van der Waals surface area contributed by atoms with E-state index in [0.717, 1.165) is 16.0 Å². The number of nitrogens with two attached hydrogens (primary N) is 1. The fraction of sp³-hybridized carbons (Fsp3) is 0.188. The Morgan fingerprint density at radius 2 is 2.25 bits per heavy atom. The zero-order valence-electron chi connectivity index (χ0n) is 11.3. The maximum Gasteiger partial charge on any atom is 0.251 e. The third kappa shape index (κ3) is 3.70. The van der Waals surface area contributed by atoms with E-state index in [9.17, 15) is 4.79 Å². The molecule has 0 spiro atoms. The van der Waals surface area contributed by atoms with E-state index < -0.39 is 0 Å². The van der Waals surface area contributed by atoms with E-state index in [-0.39, 0.29) is 5.91 Å². The molecule has 102 valence electrons. The predicted octanol–water partition coefficient (Wildman–Crippen LogP) is 2.30. The quantitative estimate of drug-likeness (QED) is 0.850. The number of carbonyl (C=O) groups is 1. The number of amides is 1. The smallest absolute Gasteiger partial charge is 0.251 e. The highest BCUT2D eigenvalue weighted by Crippen LogP contribution is 2.11. The highest BCUT2D eigenvalue weighted by atomic mass is 32.1. The summed E-state index contributed by atoms with van der Waals surface area (Å²) in [5, 5.41) is 4.90. The van der Waals surface area contributed by atoms with Crippen LogP contribution in [0.3, 0.4) is 0 Å². The van der Waals surface area contributed by atoms with Gasteiger partial charge in [-0.25, -0.2) is 0 Å². The molecule has 4 heteroatoms. The first-order chi connectivity index (χ1) is 9.70. The molecule has 2 aromatic rings. The highest BCUT2D eigenvalue weighted by molar-refractivity contribution is 7.09. The minimum Gasteiger partial charge on any atom is -0.347 e. The Balaban J connectivity index is 2.09. The average molecular weight is 284 g/mol. The number of nitrogens with one attached hydrogen (secondary N) is 1. The Bertz CT molecular complexity index is 651. The maximum atomic E-state index is 12.1. The lowest BCUT2D eigenvalue weighted by molar-refractivity contribution is 0.0951. The standard InChI is InChI=1S/C16H16N2OS/c1-12-6-7-14(10-13(12)4-2-8-17)16(19)18-11-15-5-3-9-20-15/h3,5-7,9-10H,8,11,17H2,1H3,(H,18,19). The Hall–Kier alpha value is -2.09. The minimum absolute atomic E-state index is 0.0887. The van der Waals surface area contributed by atoms with E-state index in [4.69, 9.17) is 5.73 Å². The average Bonchev–Trinajstić information content (AvgIpc) is 2.97. The molecule has 0 unspecified atom stereocenters. The number of carbonyl (C=O) groups excluding carboxylic acids is 1. The lowest BCUT2D eigenvalue weighted by Gasteiger charge is -2.06. The lowest BCUT2D eigenvalue weighted by Crippen LogP contribution is -2.22. The van der Waals surface area contributed by atoms with Crippen LogP contribution in [0.15, 0.2) is 35.7 Å². The van der Waals surface area contributed by atoms with Crippen molar-refractivity contribution in [1.29, 1.82) is 0 Å². The molecule has 0 aliphatic rings. The van der Waals surface area contributed by atoms with Crippen molar-refractivity contribution in [3.63, 3.8) is 0 Å². The van der Waals surface area contributed by atoms with E-state index in [1.165, 1.54) is 0 Å². The number of thiophene rings is 1. The van der Waals surface area contributed by atoms with E-state index >= 15 is 0 Å². The van der Waals surface area contributed by atoms with Gasteiger partial charge in [-0.2, -0.15) is 0 Å². The zero-order valence-corrected chi connectivity index (χ0v) is 12.1. The molecule has 0 fully saturated rings. The van der Waals surface area contributed by atoms with E-state index in [1.807, 2.05) is 42.6 Å². The van der Waals surface area contributed by atoms with E-state index in [2.05, 4.69) is 17.2 Å². The molecule has 2 rings (SSSR count). The molecule has 1 aromatic heterocycles. The normalized spacial score (nSPS) is 9.70. The molecule has 3 nitrogen and oxygen atoms in total. The molecule has 0 bridgehead atoms. The first-order valence-corrected chi connectivity index (χ1v) is 7.19. The molecule has 0 saturated carbocycles. The highest BCUT2D eigenvalue weighted by Gasteiger charge is 2.07. The van der Waals surface area contributed by atoms with Crippen molar-refractivity contribution in [2.75, 3.05) is 6.54 Å². The second-order valence-corrected chi connectivity index (χ2v) is 5.33. The summed E-state index contributed by atoms with van der Waals surface area (Å²) in [5.41, 5.74) is 7.88. The SMILES string of the molecule is Cc1ccc(C(=O)NCc2cccs2)cc1C#CCN. The lowest BCUT2D eigenvalue weighted by atomic mass is 10.0. The summed E-state index contributed by atoms with van der Waals surface area (Å²) in [6.45, 7) is 2.83. The van der Waals surface area contributed by atoms with Crippen molar-refractivity contribution in [1.82, 2.24) is 5.32 Å².